The molecule has 0 unspecified atom stereocenters. The summed E-state index contributed by atoms with van der Waals surface area (Å²) in [5.74, 6) is 0.566. The van der Waals surface area contributed by atoms with Gasteiger partial charge in [0.15, 0.2) is 18.3 Å². The third-order valence-electron chi connectivity index (χ3n) is 4.34. The Hall–Kier alpha value is -2.17. The first-order chi connectivity index (χ1) is 15.1. The molecule has 10 heteroatoms. The molecule has 0 spiro atoms. The molecular formula is C22H25Br2N3O4S. The maximum atomic E-state index is 12.2. The Morgan fingerprint density at radius 3 is 2.25 bits per heavy atom. The standard InChI is InChI=1S/C22H25Br2N3O4S/c1-12(2)16-9-17(24)13(3)8-19(16)31-10-20(28)25-22(32)27-26-21(29)11-30-18-6-5-15(23)7-14(18)4/h5-9,12H,10-11H2,1-4H3,(H,26,29)(H2,25,27,28,32). The molecule has 2 aromatic rings. The summed E-state index contributed by atoms with van der Waals surface area (Å²) in [7, 11) is 0. The van der Waals surface area contributed by atoms with Crippen LogP contribution in [-0.2, 0) is 9.59 Å². The molecule has 0 saturated heterocycles. The highest BCUT2D eigenvalue weighted by Crippen LogP contribution is 2.32. The quantitative estimate of drug-likeness (QED) is 0.328. The summed E-state index contributed by atoms with van der Waals surface area (Å²) in [5, 5.41) is 2.40. The zero-order valence-electron chi connectivity index (χ0n) is 18.2. The molecule has 0 aliphatic heterocycles. The SMILES string of the molecule is Cc1cc(OCC(=O)NC(=S)NNC(=O)COc2ccc(Br)cc2C)c(C(C)C)cc1Br. The maximum Gasteiger partial charge on any atom is 0.276 e. The smallest absolute Gasteiger partial charge is 0.276 e. The van der Waals surface area contributed by atoms with E-state index in [0.717, 1.165) is 25.6 Å². The van der Waals surface area contributed by atoms with Gasteiger partial charge in [-0.25, -0.2) is 0 Å². The molecule has 32 heavy (non-hydrogen) atoms. The molecule has 2 amide bonds. The van der Waals surface area contributed by atoms with E-state index >= 15 is 0 Å². The van der Waals surface area contributed by atoms with E-state index in [1.54, 1.807) is 6.07 Å². The first kappa shape index (κ1) is 26.1. The zero-order valence-corrected chi connectivity index (χ0v) is 22.2. The van der Waals surface area contributed by atoms with E-state index in [1.807, 2.05) is 52.0 Å². The molecule has 2 rings (SSSR count). The molecule has 172 valence electrons. The lowest BCUT2D eigenvalue weighted by Gasteiger charge is -2.16. The summed E-state index contributed by atoms with van der Waals surface area (Å²) in [6.07, 6.45) is 0. The first-order valence-electron chi connectivity index (χ1n) is 9.77. The van der Waals surface area contributed by atoms with Crippen molar-refractivity contribution in [1.82, 2.24) is 16.2 Å². The molecule has 0 aliphatic rings. The molecule has 0 aromatic heterocycles. The number of rotatable bonds is 7. The van der Waals surface area contributed by atoms with Crippen LogP contribution in [0, 0.1) is 13.8 Å². The van der Waals surface area contributed by atoms with Crippen LogP contribution < -0.4 is 25.6 Å². The number of hydrogen-bond acceptors (Lipinski definition) is 5. The first-order valence-corrected chi connectivity index (χ1v) is 11.8. The minimum Gasteiger partial charge on any atom is -0.483 e. The monoisotopic (exact) mass is 585 g/mol. The molecule has 0 aliphatic carbocycles. The fourth-order valence-corrected chi connectivity index (χ4v) is 3.67. The average molecular weight is 587 g/mol. The van der Waals surface area contributed by atoms with Gasteiger partial charge in [0.25, 0.3) is 11.8 Å². The Morgan fingerprint density at radius 1 is 0.938 bits per heavy atom. The molecule has 0 saturated carbocycles. The van der Waals surface area contributed by atoms with Crippen LogP contribution in [0.1, 0.15) is 36.5 Å². The number of halogens is 2. The van der Waals surface area contributed by atoms with E-state index in [1.165, 1.54) is 0 Å². The van der Waals surface area contributed by atoms with Gasteiger partial charge in [-0.3, -0.25) is 25.8 Å². The summed E-state index contributed by atoms with van der Waals surface area (Å²) in [4.78, 5) is 24.1. The van der Waals surface area contributed by atoms with Crippen LogP contribution in [0.15, 0.2) is 39.3 Å². The number of nitrogens with one attached hydrogen (secondary N) is 3. The van der Waals surface area contributed by atoms with Gasteiger partial charge in [-0.15, -0.1) is 0 Å². The van der Waals surface area contributed by atoms with Crippen molar-refractivity contribution < 1.29 is 19.1 Å². The van der Waals surface area contributed by atoms with E-state index in [2.05, 4.69) is 48.0 Å². The van der Waals surface area contributed by atoms with Crippen LogP contribution in [0.4, 0.5) is 0 Å². The predicted molar refractivity (Wildman–Crippen MR) is 135 cm³/mol. The highest BCUT2D eigenvalue weighted by atomic mass is 79.9. The Balaban J connectivity index is 1.77. The molecule has 0 heterocycles. The minimum atomic E-state index is -0.452. The van der Waals surface area contributed by atoms with E-state index in [9.17, 15) is 9.59 Å². The third kappa shape index (κ3) is 8.07. The van der Waals surface area contributed by atoms with Crippen LogP contribution in [0.5, 0.6) is 11.5 Å². The summed E-state index contributed by atoms with van der Waals surface area (Å²) in [5.41, 5.74) is 7.73. The van der Waals surface area contributed by atoms with Crippen molar-refractivity contribution in [3.05, 3.63) is 56.0 Å². The molecule has 0 radical (unpaired) electrons. The van der Waals surface area contributed by atoms with Crippen LogP contribution in [0.25, 0.3) is 0 Å². The van der Waals surface area contributed by atoms with Crippen molar-refractivity contribution in [3.63, 3.8) is 0 Å². The van der Waals surface area contributed by atoms with Crippen molar-refractivity contribution in [2.75, 3.05) is 13.2 Å². The molecule has 0 bridgehead atoms. The molecule has 0 fully saturated rings. The molecular weight excluding hydrogens is 562 g/mol. The van der Waals surface area contributed by atoms with Gasteiger partial charge >= 0.3 is 0 Å². The summed E-state index contributed by atoms with van der Waals surface area (Å²) in [6.45, 7) is 7.49. The van der Waals surface area contributed by atoms with Gasteiger partial charge < -0.3 is 9.47 Å². The normalized spacial score (nSPS) is 10.5. The van der Waals surface area contributed by atoms with Gasteiger partial charge in [0.1, 0.15) is 11.5 Å². The average Bonchev–Trinajstić information content (AvgIpc) is 2.72. The zero-order chi connectivity index (χ0) is 23.8. The van der Waals surface area contributed by atoms with E-state index in [0.29, 0.717) is 11.5 Å². The minimum absolute atomic E-state index is 0.0529. The Kier molecular flexibility index (Phi) is 9.92. The Morgan fingerprint density at radius 2 is 1.59 bits per heavy atom. The number of thiocarbonyl (C=S) groups is 1. The summed E-state index contributed by atoms with van der Waals surface area (Å²) < 4.78 is 13.1. The van der Waals surface area contributed by atoms with Crippen LogP contribution in [0.2, 0.25) is 0 Å². The van der Waals surface area contributed by atoms with Gasteiger partial charge in [-0.1, -0.05) is 45.7 Å². The van der Waals surface area contributed by atoms with E-state index in [-0.39, 0.29) is 24.2 Å². The Labute approximate surface area is 209 Å². The lowest BCUT2D eigenvalue weighted by atomic mass is 10.0. The number of benzene rings is 2. The van der Waals surface area contributed by atoms with Crippen LogP contribution in [-0.4, -0.2) is 30.1 Å². The largest absolute Gasteiger partial charge is 0.483 e. The number of hydrazine groups is 1. The number of hydrogen-bond donors (Lipinski definition) is 3. The van der Waals surface area contributed by atoms with E-state index in [4.69, 9.17) is 21.7 Å². The number of ether oxygens (including phenoxy) is 2. The highest BCUT2D eigenvalue weighted by Gasteiger charge is 2.13. The number of amides is 2. The topological polar surface area (TPSA) is 88.7 Å². The third-order valence-corrected chi connectivity index (χ3v) is 5.89. The van der Waals surface area contributed by atoms with Crippen molar-refractivity contribution in [2.45, 2.75) is 33.6 Å². The fraction of sp³-hybridized carbons (Fsp3) is 0.318. The van der Waals surface area contributed by atoms with Crippen molar-refractivity contribution in [3.8, 4) is 11.5 Å². The van der Waals surface area contributed by atoms with Gasteiger partial charge in [-0.2, -0.15) is 0 Å². The number of carbonyl (C=O) groups excluding carboxylic acids is 2. The van der Waals surface area contributed by atoms with Crippen LogP contribution >= 0.6 is 44.1 Å². The van der Waals surface area contributed by atoms with Gasteiger partial charge in [-0.05, 0) is 79.0 Å². The fourth-order valence-electron chi connectivity index (χ4n) is 2.66. The van der Waals surface area contributed by atoms with E-state index < -0.39 is 11.8 Å². The molecule has 7 nitrogen and oxygen atoms in total. The van der Waals surface area contributed by atoms with Crippen molar-refractivity contribution in [2.24, 2.45) is 0 Å². The molecule has 3 N–H and O–H groups in total. The Bertz CT molecular complexity index is 1010. The maximum absolute atomic E-state index is 12.2. The van der Waals surface area contributed by atoms with Gasteiger partial charge in [0.2, 0.25) is 0 Å². The second kappa shape index (κ2) is 12.2. The van der Waals surface area contributed by atoms with Gasteiger partial charge in [0, 0.05) is 8.95 Å². The lowest BCUT2D eigenvalue weighted by molar-refractivity contribution is -0.124. The highest BCUT2D eigenvalue weighted by molar-refractivity contribution is 9.10. The number of aryl methyl sites for hydroxylation is 2. The van der Waals surface area contributed by atoms with Crippen molar-refractivity contribution in [1.29, 1.82) is 0 Å². The molecule has 2 aromatic carbocycles. The lowest BCUT2D eigenvalue weighted by Crippen LogP contribution is -2.50. The second-order valence-electron chi connectivity index (χ2n) is 7.33. The second-order valence-corrected chi connectivity index (χ2v) is 9.51. The van der Waals surface area contributed by atoms with Crippen molar-refractivity contribution >= 4 is 61.0 Å². The summed E-state index contributed by atoms with van der Waals surface area (Å²) >= 11 is 11.9. The van der Waals surface area contributed by atoms with Crippen LogP contribution in [0.3, 0.4) is 0 Å². The predicted octanol–water partition coefficient (Wildman–Crippen LogP) is 4.43. The number of carbonyl (C=O) groups is 2. The summed E-state index contributed by atoms with van der Waals surface area (Å²) in [6, 6.07) is 9.36. The molecule has 0 atom stereocenters. The van der Waals surface area contributed by atoms with Gasteiger partial charge in [0.05, 0.1) is 0 Å².